The summed E-state index contributed by atoms with van der Waals surface area (Å²) in [6.07, 6.45) is -5.48. The number of nitrogens with zero attached hydrogens (tertiary/aromatic N) is 2. The Morgan fingerprint density at radius 3 is 2.32 bits per heavy atom. The summed E-state index contributed by atoms with van der Waals surface area (Å²) >= 11 is 0. The summed E-state index contributed by atoms with van der Waals surface area (Å²) in [6, 6.07) is 4.79. The zero-order chi connectivity index (χ0) is 23.2. The van der Waals surface area contributed by atoms with Gasteiger partial charge in [0.15, 0.2) is 0 Å². The van der Waals surface area contributed by atoms with Crippen molar-refractivity contribution >= 4 is 17.7 Å². The number of methoxy groups -OCH3 is 1. The van der Waals surface area contributed by atoms with Gasteiger partial charge in [0.1, 0.15) is 17.4 Å². The van der Waals surface area contributed by atoms with E-state index in [1.807, 2.05) is 4.90 Å². The number of anilines is 1. The lowest BCUT2D eigenvalue weighted by Gasteiger charge is -2.37. The van der Waals surface area contributed by atoms with Gasteiger partial charge in [0.25, 0.3) is 0 Å². The molecule has 1 N–H and O–H groups in total. The highest BCUT2D eigenvalue weighted by atomic mass is 19.4. The molecular weight excluding hydrogens is 419 g/mol. The van der Waals surface area contributed by atoms with Crippen LogP contribution in [0.15, 0.2) is 24.3 Å². The third-order valence-corrected chi connectivity index (χ3v) is 4.33. The average molecular weight is 447 g/mol. The van der Waals surface area contributed by atoms with Crippen LogP contribution in [0.3, 0.4) is 0 Å². The number of alkyl carbamates (subject to hydrolysis) is 1. The van der Waals surface area contributed by atoms with E-state index in [0.717, 1.165) is 0 Å². The van der Waals surface area contributed by atoms with Crippen LogP contribution in [0.5, 0.6) is 5.75 Å². The van der Waals surface area contributed by atoms with Crippen LogP contribution in [0.25, 0.3) is 0 Å². The molecule has 0 radical (unpaired) electrons. The number of hydrogen-bond acceptors (Lipinski definition) is 6. The third-order valence-electron chi connectivity index (χ3n) is 4.33. The van der Waals surface area contributed by atoms with E-state index in [1.165, 1.54) is 25.3 Å². The topological polar surface area (TPSA) is 80.3 Å². The molecule has 0 aliphatic carbocycles. The molecule has 1 saturated heterocycles. The van der Waals surface area contributed by atoms with E-state index in [9.17, 15) is 22.8 Å². The second-order valence-corrected chi connectivity index (χ2v) is 8.01. The number of amides is 2. The number of alkyl halides is 3. The van der Waals surface area contributed by atoms with E-state index in [0.29, 0.717) is 31.9 Å². The molecule has 2 rings (SSSR count). The first kappa shape index (κ1) is 24.6. The van der Waals surface area contributed by atoms with Gasteiger partial charge in [-0.1, -0.05) is 6.07 Å². The maximum Gasteiger partial charge on any atom is 0.573 e. The minimum absolute atomic E-state index is 0.0187. The number of carbonyl (C=O) groups is 2. The van der Waals surface area contributed by atoms with Gasteiger partial charge in [0.05, 0.1) is 6.61 Å². The number of carbonyl (C=O) groups excluding carboxylic acids is 2. The molecule has 2 amide bonds. The van der Waals surface area contributed by atoms with Crippen molar-refractivity contribution < 1.29 is 37.0 Å². The van der Waals surface area contributed by atoms with Gasteiger partial charge in [-0.15, -0.1) is 13.2 Å². The fraction of sp³-hybridized carbons (Fsp3) is 0.600. The lowest BCUT2D eigenvalue weighted by molar-refractivity contribution is -0.274. The monoisotopic (exact) mass is 447 g/mol. The number of hydrogen-bond donors (Lipinski definition) is 1. The maximum absolute atomic E-state index is 12.9. The van der Waals surface area contributed by atoms with Crippen molar-refractivity contribution in [3.05, 3.63) is 24.3 Å². The average Bonchev–Trinajstić information content (AvgIpc) is 2.64. The molecule has 0 spiro atoms. The molecule has 1 unspecified atom stereocenters. The minimum Gasteiger partial charge on any atom is -0.444 e. The SMILES string of the molecule is COCC(NC(=O)OC(C)(C)C)C(=O)N1CCN(c2cccc(OC(F)(F)F)c2)CC1. The van der Waals surface area contributed by atoms with E-state index in [-0.39, 0.29) is 18.3 Å². The fourth-order valence-electron chi connectivity index (χ4n) is 3.07. The Balaban J connectivity index is 1.96. The van der Waals surface area contributed by atoms with Crippen molar-refractivity contribution in [2.45, 2.75) is 38.8 Å². The van der Waals surface area contributed by atoms with Crippen molar-refractivity contribution in [3.63, 3.8) is 0 Å². The van der Waals surface area contributed by atoms with Crippen molar-refractivity contribution in [2.75, 3.05) is 44.8 Å². The Kier molecular flexibility index (Phi) is 7.99. The molecular formula is C20H28F3N3O5. The summed E-state index contributed by atoms with van der Waals surface area (Å²) in [6.45, 7) is 6.61. The summed E-state index contributed by atoms with van der Waals surface area (Å²) < 4.78 is 51.6. The Bertz CT molecular complexity index is 759. The first-order valence-corrected chi connectivity index (χ1v) is 9.76. The summed E-state index contributed by atoms with van der Waals surface area (Å²) in [4.78, 5) is 28.3. The summed E-state index contributed by atoms with van der Waals surface area (Å²) in [5.41, 5.74) is -0.144. The highest BCUT2D eigenvalue weighted by molar-refractivity contribution is 5.86. The van der Waals surface area contributed by atoms with Crippen molar-refractivity contribution in [1.29, 1.82) is 0 Å². The van der Waals surface area contributed by atoms with Gasteiger partial charge in [-0.25, -0.2) is 4.79 Å². The van der Waals surface area contributed by atoms with Gasteiger partial charge in [0.2, 0.25) is 5.91 Å². The highest BCUT2D eigenvalue weighted by Crippen LogP contribution is 2.27. The molecule has 1 aromatic carbocycles. The van der Waals surface area contributed by atoms with E-state index < -0.39 is 24.1 Å². The van der Waals surface area contributed by atoms with E-state index >= 15 is 0 Å². The van der Waals surface area contributed by atoms with E-state index in [4.69, 9.17) is 9.47 Å². The lowest BCUT2D eigenvalue weighted by atomic mass is 10.2. The van der Waals surface area contributed by atoms with Gasteiger partial charge in [-0.05, 0) is 32.9 Å². The Morgan fingerprint density at radius 1 is 1.13 bits per heavy atom. The second-order valence-electron chi connectivity index (χ2n) is 8.01. The molecule has 1 heterocycles. The van der Waals surface area contributed by atoms with Crippen LogP contribution in [0.4, 0.5) is 23.7 Å². The largest absolute Gasteiger partial charge is 0.573 e. The van der Waals surface area contributed by atoms with E-state index in [1.54, 1.807) is 31.7 Å². The zero-order valence-electron chi connectivity index (χ0n) is 18.0. The number of rotatable bonds is 6. The molecule has 31 heavy (non-hydrogen) atoms. The van der Waals surface area contributed by atoms with E-state index in [2.05, 4.69) is 10.1 Å². The zero-order valence-corrected chi connectivity index (χ0v) is 18.0. The van der Waals surface area contributed by atoms with Crippen LogP contribution in [-0.2, 0) is 14.3 Å². The van der Waals surface area contributed by atoms with Gasteiger partial charge >= 0.3 is 12.5 Å². The van der Waals surface area contributed by atoms with Gasteiger partial charge in [-0.2, -0.15) is 0 Å². The minimum atomic E-state index is -4.76. The molecule has 0 aromatic heterocycles. The predicted molar refractivity (Wildman–Crippen MR) is 107 cm³/mol. The Labute approximate surface area is 179 Å². The number of nitrogens with one attached hydrogen (secondary N) is 1. The molecule has 1 fully saturated rings. The normalized spacial score (nSPS) is 16.0. The highest BCUT2D eigenvalue weighted by Gasteiger charge is 2.32. The maximum atomic E-state index is 12.9. The van der Waals surface area contributed by atoms with Crippen molar-refractivity contribution in [1.82, 2.24) is 10.2 Å². The molecule has 8 nitrogen and oxygen atoms in total. The van der Waals surface area contributed by atoms with Crippen LogP contribution in [-0.4, -0.2) is 74.8 Å². The first-order valence-electron chi connectivity index (χ1n) is 9.76. The molecule has 1 aliphatic heterocycles. The summed E-state index contributed by atoms with van der Waals surface area (Å²) in [7, 11) is 1.42. The molecule has 1 aromatic rings. The lowest BCUT2D eigenvalue weighted by Crippen LogP contribution is -2.56. The molecule has 1 aliphatic rings. The van der Waals surface area contributed by atoms with Crippen LogP contribution in [0.2, 0.25) is 0 Å². The smallest absolute Gasteiger partial charge is 0.444 e. The van der Waals surface area contributed by atoms with Crippen LogP contribution in [0, 0.1) is 0 Å². The van der Waals surface area contributed by atoms with Crippen molar-refractivity contribution in [3.8, 4) is 5.75 Å². The third kappa shape index (κ3) is 8.16. The Hall–Kier alpha value is -2.69. The van der Waals surface area contributed by atoms with Gasteiger partial charge in [-0.3, -0.25) is 4.79 Å². The van der Waals surface area contributed by atoms with Gasteiger partial charge < -0.3 is 29.3 Å². The molecule has 1 atom stereocenters. The standard InChI is InChI=1S/C20H28F3N3O5/c1-19(2,3)31-18(28)24-16(13-29-4)17(27)26-10-8-25(9-11-26)14-6-5-7-15(12-14)30-20(21,22)23/h5-7,12,16H,8-11,13H2,1-4H3,(H,24,28). The molecule has 174 valence electrons. The fourth-order valence-corrected chi connectivity index (χ4v) is 3.07. The van der Waals surface area contributed by atoms with Crippen LogP contribution >= 0.6 is 0 Å². The quantitative estimate of drug-likeness (QED) is 0.723. The van der Waals surface area contributed by atoms with Gasteiger partial charge in [0, 0.05) is 45.0 Å². The number of ether oxygens (including phenoxy) is 3. The Morgan fingerprint density at radius 2 is 1.77 bits per heavy atom. The number of piperazine rings is 1. The van der Waals surface area contributed by atoms with Crippen molar-refractivity contribution in [2.24, 2.45) is 0 Å². The number of benzene rings is 1. The summed E-state index contributed by atoms with van der Waals surface area (Å²) in [5, 5.41) is 2.53. The number of halogens is 3. The van der Waals surface area contributed by atoms with Crippen LogP contribution in [0.1, 0.15) is 20.8 Å². The predicted octanol–water partition coefficient (Wildman–Crippen LogP) is 2.77. The second kappa shape index (κ2) is 10.1. The molecule has 0 bridgehead atoms. The van der Waals surface area contributed by atoms with Crippen LogP contribution < -0.4 is 15.0 Å². The molecule has 11 heteroatoms. The summed E-state index contributed by atoms with van der Waals surface area (Å²) in [5.74, 6) is -0.619. The molecule has 0 saturated carbocycles. The first-order chi connectivity index (χ1) is 14.4.